The van der Waals surface area contributed by atoms with Gasteiger partial charge in [-0.3, -0.25) is 0 Å². The van der Waals surface area contributed by atoms with Crippen LogP contribution in [-0.4, -0.2) is 21.0 Å². The lowest BCUT2D eigenvalue weighted by atomic mass is 10.2. The van der Waals surface area contributed by atoms with Gasteiger partial charge in [0.25, 0.3) is 0 Å². The number of anilines is 1. The van der Waals surface area contributed by atoms with E-state index < -0.39 is 5.82 Å². The standard InChI is InChI=1S/C11H10BrFN4O/c1-6-5-17(11(14)16-6)15-4-7-2-3-8(13)9(12)10(7)18/h2-5,18H,1H3,(H2,14,16). The third-order valence-corrected chi connectivity index (χ3v) is 3.01. The molecule has 0 aliphatic carbocycles. The Labute approximate surface area is 111 Å². The van der Waals surface area contributed by atoms with Gasteiger partial charge in [-0.25, -0.2) is 14.1 Å². The van der Waals surface area contributed by atoms with E-state index in [4.69, 9.17) is 5.73 Å². The molecule has 0 saturated heterocycles. The molecule has 0 radical (unpaired) electrons. The molecule has 0 aliphatic rings. The molecule has 18 heavy (non-hydrogen) atoms. The number of imidazole rings is 1. The first kappa shape index (κ1) is 12.6. The number of nitrogens with zero attached hydrogens (tertiary/aromatic N) is 3. The van der Waals surface area contributed by atoms with Gasteiger partial charge in [-0.05, 0) is 35.0 Å². The summed E-state index contributed by atoms with van der Waals surface area (Å²) in [7, 11) is 0. The number of rotatable bonds is 2. The van der Waals surface area contributed by atoms with Gasteiger partial charge in [-0.1, -0.05) is 0 Å². The van der Waals surface area contributed by atoms with E-state index in [1.807, 2.05) is 0 Å². The van der Waals surface area contributed by atoms with Crippen LogP contribution in [-0.2, 0) is 0 Å². The highest BCUT2D eigenvalue weighted by Gasteiger charge is 2.08. The molecule has 1 heterocycles. The lowest BCUT2D eigenvalue weighted by Crippen LogP contribution is -1.97. The van der Waals surface area contributed by atoms with Crippen molar-refractivity contribution in [2.45, 2.75) is 6.92 Å². The highest BCUT2D eigenvalue weighted by molar-refractivity contribution is 9.10. The quantitative estimate of drug-likeness (QED) is 0.835. The highest BCUT2D eigenvalue weighted by atomic mass is 79.9. The van der Waals surface area contributed by atoms with Crippen LogP contribution in [0.4, 0.5) is 10.3 Å². The molecule has 7 heteroatoms. The summed E-state index contributed by atoms with van der Waals surface area (Å²) in [5.41, 5.74) is 6.70. The molecule has 0 saturated carbocycles. The van der Waals surface area contributed by atoms with Crippen molar-refractivity contribution in [2.24, 2.45) is 5.10 Å². The smallest absolute Gasteiger partial charge is 0.221 e. The first-order valence-corrected chi connectivity index (χ1v) is 5.81. The summed E-state index contributed by atoms with van der Waals surface area (Å²) >= 11 is 2.94. The molecule has 0 spiro atoms. The number of nitrogen functional groups attached to an aromatic ring is 1. The van der Waals surface area contributed by atoms with E-state index in [1.165, 1.54) is 23.0 Å². The van der Waals surface area contributed by atoms with Crippen molar-refractivity contribution in [2.75, 3.05) is 5.73 Å². The molecule has 1 aromatic heterocycles. The third kappa shape index (κ3) is 2.35. The molecule has 0 bridgehead atoms. The van der Waals surface area contributed by atoms with Crippen LogP contribution < -0.4 is 5.73 Å². The topological polar surface area (TPSA) is 76.4 Å². The van der Waals surface area contributed by atoms with E-state index in [1.54, 1.807) is 13.1 Å². The normalized spacial score (nSPS) is 11.3. The van der Waals surface area contributed by atoms with Gasteiger partial charge in [-0.15, -0.1) is 0 Å². The molecule has 0 unspecified atom stereocenters. The molecular formula is C11H10BrFN4O. The fourth-order valence-corrected chi connectivity index (χ4v) is 1.74. The number of halogens is 2. The average Bonchev–Trinajstić information content (AvgIpc) is 2.64. The number of hydrogen-bond acceptors (Lipinski definition) is 4. The molecule has 5 nitrogen and oxygen atoms in total. The van der Waals surface area contributed by atoms with Crippen LogP contribution in [0.25, 0.3) is 0 Å². The fourth-order valence-electron chi connectivity index (χ4n) is 1.38. The van der Waals surface area contributed by atoms with Crippen LogP contribution in [0.15, 0.2) is 27.9 Å². The summed E-state index contributed by atoms with van der Waals surface area (Å²) in [6.07, 6.45) is 3.01. The second kappa shape index (κ2) is 4.77. The zero-order chi connectivity index (χ0) is 13.3. The molecule has 2 rings (SSSR count). The first-order chi connectivity index (χ1) is 8.49. The SMILES string of the molecule is Cc1cn(N=Cc2ccc(F)c(Br)c2O)c(N)n1. The fraction of sp³-hybridized carbons (Fsp3) is 0.0909. The van der Waals surface area contributed by atoms with Crippen molar-refractivity contribution in [1.29, 1.82) is 0 Å². The zero-order valence-electron chi connectivity index (χ0n) is 9.43. The Morgan fingerprint density at radius 2 is 2.28 bits per heavy atom. The monoisotopic (exact) mass is 312 g/mol. The van der Waals surface area contributed by atoms with Gasteiger partial charge >= 0.3 is 0 Å². The Bertz CT molecular complexity index is 624. The van der Waals surface area contributed by atoms with E-state index in [2.05, 4.69) is 26.0 Å². The molecule has 94 valence electrons. The predicted octanol–water partition coefficient (Wildman–Crippen LogP) is 2.26. The molecule has 2 aromatic rings. The number of aromatic hydroxyl groups is 1. The van der Waals surface area contributed by atoms with Crippen LogP contribution in [0.3, 0.4) is 0 Å². The van der Waals surface area contributed by atoms with Gasteiger partial charge in [0.2, 0.25) is 5.95 Å². The van der Waals surface area contributed by atoms with Crippen LogP contribution in [0, 0.1) is 12.7 Å². The number of hydrogen-bond donors (Lipinski definition) is 2. The average molecular weight is 313 g/mol. The van der Waals surface area contributed by atoms with E-state index in [0.717, 1.165) is 5.69 Å². The number of nitrogens with two attached hydrogens (primary N) is 1. The number of benzene rings is 1. The van der Waals surface area contributed by atoms with Crippen LogP contribution in [0.2, 0.25) is 0 Å². The van der Waals surface area contributed by atoms with Crippen LogP contribution >= 0.6 is 15.9 Å². The number of phenols is 1. The molecule has 1 aromatic carbocycles. The summed E-state index contributed by atoms with van der Waals surface area (Å²) in [5, 5.41) is 13.7. The second-order valence-electron chi connectivity index (χ2n) is 3.63. The van der Waals surface area contributed by atoms with E-state index in [-0.39, 0.29) is 16.2 Å². The molecular weight excluding hydrogens is 303 g/mol. The minimum absolute atomic E-state index is 0.00114. The zero-order valence-corrected chi connectivity index (χ0v) is 11.0. The highest BCUT2D eigenvalue weighted by Crippen LogP contribution is 2.29. The first-order valence-electron chi connectivity index (χ1n) is 5.02. The Morgan fingerprint density at radius 3 is 2.89 bits per heavy atom. The van der Waals surface area contributed by atoms with Gasteiger partial charge in [0.1, 0.15) is 11.6 Å². The summed E-state index contributed by atoms with van der Waals surface area (Å²) in [5.74, 6) is -0.513. The van der Waals surface area contributed by atoms with Crippen molar-refractivity contribution in [3.63, 3.8) is 0 Å². The third-order valence-electron chi connectivity index (χ3n) is 2.26. The maximum atomic E-state index is 13.1. The van der Waals surface area contributed by atoms with E-state index >= 15 is 0 Å². The van der Waals surface area contributed by atoms with Gasteiger partial charge in [0, 0.05) is 5.56 Å². The van der Waals surface area contributed by atoms with Crippen molar-refractivity contribution in [3.8, 4) is 5.75 Å². The largest absolute Gasteiger partial charge is 0.506 e. The van der Waals surface area contributed by atoms with E-state index in [9.17, 15) is 9.50 Å². The van der Waals surface area contributed by atoms with Gasteiger partial charge in [0.15, 0.2) is 0 Å². The van der Waals surface area contributed by atoms with Crippen molar-refractivity contribution in [1.82, 2.24) is 9.66 Å². The maximum absolute atomic E-state index is 13.1. The van der Waals surface area contributed by atoms with Gasteiger partial charge in [0.05, 0.1) is 22.6 Å². The van der Waals surface area contributed by atoms with Crippen molar-refractivity contribution < 1.29 is 9.50 Å². The predicted molar refractivity (Wildman–Crippen MR) is 70.1 cm³/mol. The van der Waals surface area contributed by atoms with Crippen molar-refractivity contribution >= 4 is 28.1 Å². The Kier molecular flexibility index (Phi) is 3.33. The van der Waals surface area contributed by atoms with Crippen LogP contribution in [0.5, 0.6) is 5.75 Å². The molecule has 0 amide bonds. The Balaban J connectivity index is 2.35. The lowest BCUT2D eigenvalue weighted by Gasteiger charge is -2.02. The van der Waals surface area contributed by atoms with Gasteiger partial charge < -0.3 is 10.8 Å². The number of phenolic OH excluding ortho intramolecular Hbond substituents is 1. The second-order valence-corrected chi connectivity index (χ2v) is 4.42. The summed E-state index contributed by atoms with van der Waals surface area (Å²) in [4.78, 5) is 3.97. The molecule has 0 aliphatic heterocycles. The summed E-state index contributed by atoms with van der Waals surface area (Å²) in [6, 6.07) is 2.65. The minimum Gasteiger partial charge on any atom is -0.506 e. The van der Waals surface area contributed by atoms with Gasteiger partial charge in [-0.2, -0.15) is 5.10 Å². The Hall–Kier alpha value is -1.89. The number of aryl methyl sites for hydroxylation is 1. The molecule has 0 atom stereocenters. The summed E-state index contributed by atoms with van der Waals surface area (Å²) < 4.78 is 14.5. The van der Waals surface area contributed by atoms with E-state index in [0.29, 0.717) is 5.56 Å². The Morgan fingerprint density at radius 1 is 1.56 bits per heavy atom. The summed E-state index contributed by atoms with van der Waals surface area (Å²) in [6.45, 7) is 1.79. The molecule has 3 N–H and O–H groups in total. The number of aromatic nitrogens is 2. The lowest BCUT2D eigenvalue weighted by molar-refractivity contribution is 0.463. The molecule has 0 fully saturated rings. The minimum atomic E-state index is -0.539. The van der Waals surface area contributed by atoms with Crippen molar-refractivity contribution in [3.05, 3.63) is 39.9 Å². The van der Waals surface area contributed by atoms with Crippen LogP contribution in [0.1, 0.15) is 11.3 Å². The maximum Gasteiger partial charge on any atom is 0.221 e.